The number of nitrogens with zero attached hydrogens (tertiary/aromatic N) is 3. The third-order valence-electron chi connectivity index (χ3n) is 9.77. The number of furan rings is 1. The Labute approximate surface area is 288 Å². The summed E-state index contributed by atoms with van der Waals surface area (Å²) in [4.78, 5) is 5.34. The fourth-order valence-electron chi connectivity index (χ4n) is 7.36. The molecule has 0 aliphatic rings. The molecule has 0 bridgehead atoms. The van der Waals surface area contributed by atoms with Gasteiger partial charge in [-0.05, 0) is 88.7 Å². The number of para-hydroxylation sites is 3. The number of hydrogen-bond donors (Lipinski definition) is 0. The van der Waals surface area contributed by atoms with Crippen LogP contribution in [0.25, 0.3) is 81.3 Å². The van der Waals surface area contributed by atoms with Gasteiger partial charge in [0.05, 0.1) is 33.9 Å². The van der Waals surface area contributed by atoms with Gasteiger partial charge in [0.1, 0.15) is 17.0 Å². The lowest BCUT2D eigenvalue weighted by atomic mass is 9.88. The van der Waals surface area contributed by atoms with E-state index in [9.17, 15) is 5.26 Å². The molecular weight excluding hydrogens is 619 g/mol. The molecule has 3 aromatic heterocycles. The molecule has 49 heavy (non-hydrogen) atoms. The highest BCUT2D eigenvalue weighted by atomic mass is 32.1. The average molecular weight is 652 g/mol. The van der Waals surface area contributed by atoms with E-state index in [1.54, 1.807) is 11.3 Å². The van der Waals surface area contributed by atoms with Crippen LogP contribution in [0.4, 0.5) is 0 Å². The highest BCUT2D eigenvalue weighted by Crippen LogP contribution is 2.44. The molecule has 0 saturated carbocycles. The zero-order valence-electron chi connectivity index (χ0n) is 27.8. The summed E-state index contributed by atoms with van der Waals surface area (Å²) in [6.07, 6.45) is 0. The summed E-state index contributed by atoms with van der Waals surface area (Å²) < 4.78 is 11.5. The van der Waals surface area contributed by atoms with Crippen LogP contribution in [0.5, 0.6) is 0 Å². The minimum absolute atomic E-state index is 0.277. The van der Waals surface area contributed by atoms with Gasteiger partial charge in [0.15, 0.2) is 0 Å². The van der Waals surface area contributed by atoms with Gasteiger partial charge in [-0.2, -0.15) is 5.26 Å². The first kappa shape index (κ1) is 29.4. The van der Waals surface area contributed by atoms with Crippen LogP contribution in [0.1, 0.15) is 56.2 Å². The molecule has 0 spiro atoms. The molecule has 0 aliphatic carbocycles. The van der Waals surface area contributed by atoms with Gasteiger partial charge in [0.2, 0.25) is 0 Å². The summed E-state index contributed by atoms with van der Waals surface area (Å²) in [6, 6.07) is 42.9. The maximum absolute atomic E-state index is 9.45. The molecule has 0 fully saturated rings. The van der Waals surface area contributed by atoms with Crippen molar-refractivity contribution in [3.63, 3.8) is 0 Å². The predicted octanol–water partition coefficient (Wildman–Crippen LogP) is 12.7. The molecule has 0 unspecified atom stereocenters. The molecule has 0 atom stereocenters. The van der Waals surface area contributed by atoms with Gasteiger partial charge in [-0.25, -0.2) is 4.98 Å². The van der Waals surface area contributed by atoms with E-state index < -0.39 is 0 Å². The van der Waals surface area contributed by atoms with Crippen LogP contribution in [0.15, 0.2) is 120 Å². The third-order valence-corrected chi connectivity index (χ3v) is 10.9. The first-order valence-electron chi connectivity index (χ1n) is 16.8. The van der Waals surface area contributed by atoms with Crippen molar-refractivity contribution in [2.45, 2.75) is 39.5 Å². The lowest BCUT2D eigenvalue weighted by Crippen LogP contribution is -2.09. The first-order chi connectivity index (χ1) is 23.9. The van der Waals surface area contributed by atoms with Crippen LogP contribution in [-0.2, 0) is 0 Å². The highest BCUT2D eigenvalue weighted by molar-refractivity contribution is 7.25. The largest absolute Gasteiger partial charge is 0.455 e. The van der Waals surface area contributed by atoms with Crippen LogP contribution in [-0.4, -0.2) is 9.55 Å². The monoisotopic (exact) mass is 651 g/mol. The van der Waals surface area contributed by atoms with E-state index in [2.05, 4.69) is 141 Å². The molecular formula is C44H33N3OS. The van der Waals surface area contributed by atoms with Crippen molar-refractivity contribution in [1.29, 1.82) is 5.26 Å². The Balaban J connectivity index is 1.33. The fourth-order valence-corrected chi connectivity index (χ4v) is 8.53. The molecule has 9 aromatic rings. The number of nitriles is 1. The van der Waals surface area contributed by atoms with E-state index >= 15 is 0 Å². The quantitative estimate of drug-likeness (QED) is 0.186. The number of thiophene rings is 1. The van der Waals surface area contributed by atoms with E-state index in [0.29, 0.717) is 5.56 Å². The Kier molecular flexibility index (Phi) is 6.72. The van der Waals surface area contributed by atoms with Gasteiger partial charge < -0.3 is 4.42 Å². The minimum atomic E-state index is 0.277. The van der Waals surface area contributed by atoms with E-state index in [4.69, 9.17) is 9.40 Å². The molecule has 9 rings (SSSR count). The molecule has 0 aliphatic heterocycles. The van der Waals surface area contributed by atoms with Gasteiger partial charge in [-0.3, -0.25) is 4.57 Å². The standard InChI is InChI=1S/C44H33N3OS/c1-25(2)33-20-29(28-11-6-5-7-12-28)21-34(26(3)4)42(33)47-38-16-9-8-15-37(38)46-44(47)32-14-10-13-31-35-23-41-36(22-39(35)48-43(31)32)30-18-17-27(24-45)19-40(30)49-41/h5-23,25-26H,1-4H3. The van der Waals surface area contributed by atoms with E-state index in [-0.39, 0.29) is 11.8 Å². The molecule has 6 aromatic carbocycles. The summed E-state index contributed by atoms with van der Waals surface area (Å²) in [7, 11) is 0. The Bertz CT molecular complexity index is 2760. The molecule has 0 radical (unpaired) electrons. The lowest BCUT2D eigenvalue weighted by Gasteiger charge is -2.24. The van der Waals surface area contributed by atoms with Crippen molar-refractivity contribution in [1.82, 2.24) is 9.55 Å². The molecule has 0 N–H and O–H groups in total. The lowest BCUT2D eigenvalue weighted by molar-refractivity contribution is 0.670. The smallest absolute Gasteiger partial charge is 0.149 e. The van der Waals surface area contributed by atoms with Crippen molar-refractivity contribution in [3.8, 4) is 34.3 Å². The Morgan fingerprint density at radius 2 is 1.41 bits per heavy atom. The average Bonchev–Trinajstić information content (AvgIpc) is 3.80. The Hall–Kier alpha value is -5.70. The normalized spacial score (nSPS) is 12.0. The maximum atomic E-state index is 9.45. The summed E-state index contributed by atoms with van der Waals surface area (Å²) >= 11 is 1.72. The third kappa shape index (κ3) is 4.59. The van der Waals surface area contributed by atoms with Gasteiger partial charge in [0, 0.05) is 30.9 Å². The van der Waals surface area contributed by atoms with Crippen molar-refractivity contribution in [3.05, 3.63) is 132 Å². The summed E-state index contributed by atoms with van der Waals surface area (Å²) in [6.45, 7) is 9.14. The number of imidazole rings is 1. The van der Waals surface area contributed by atoms with Gasteiger partial charge in [-0.15, -0.1) is 11.3 Å². The van der Waals surface area contributed by atoms with Crippen LogP contribution < -0.4 is 0 Å². The Morgan fingerprint density at radius 1 is 0.673 bits per heavy atom. The SMILES string of the molecule is CC(C)c1cc(-c2ccccc2)cc(C(C)C)c1-n1c(-c2cccc3c2oc2cc4c(cc23)sc2cc(C#N)ccc24)nc2ccccc21. The van der Waals surface area contributed by atoms with Crippen molar-refractivity contribution in [2.75, 3.05) is 0 Å². The van der Waals surface area contributed by atoms with Crippen molar-refractivity contribution in [2.24, 2.45) is 0 Å². The first-order valence-corrected chi connectivity index (χ1v) is 17.6. The molecule has 3 heterocycles. The molecule has 236 valence electrons. The van der Waals surface area contributed by atoms with E-state index in [1.165, 1.54) is 32.6 Å². The van der Waals surface area contributed by atoms with Gasteiger partial charge in [0.25, 0.3) is 0 Å². The van der Waals surface area contributed by atoms with Crippen LogP contribution in [0.2, 0.25) is 0 Å². The van der Waals surface area contributed by atoms with E-state index in [1.807, 2.05) is 12.1 Å². The summed E-state index contributed by atoms with van der Waals surface area (Å²) in [5.41, 5.74) is 11.6. The topological polar surface area (TPSA) is 54.8 Å². The molecule has 5 heteroatoms. The van der Waals surface area contributed by atoms with Crippen LogP contribution in [0, 0.1) is 11.3 Å². The maximum Gasteiger partial charge on any atom is 0.149 e. The molecule has 0 saturated heterocycles. The predicted molar refractivity (Wildman–Crippen MR) is 205 cm³/mol. The number of fused-ring (bicyclic) bond motifs is 7. The second-order valence-electron chi connectivity index (χ2n) is 13.5. The zero-order valence-corrected chi connectivity index (χ0v) is 28.6. The number of hydrogen-bond acceptors (Lipinski definition) is 4. The number of rotatable bonds is 5. The highest BCUT2D eigenvalue weighted by Gasteiger charge is 2.25. The second-order valence-corrected chi connectivity index (χ2v) is 14.6. The van der Waals surface area contributed by atoms with Gasteiger partial charge in [-0.1, -0.05) is 88.4 Å². The van der Waals surface area contributed by atoms with Gasteiger partial charge >= 0.3 is 0 Å². The Morgan fingerprint density at radius 3 is 2.16 bits per heavy atom. The molecule has 0 amide bonds. The fraction of sp³-hybridized carbons (Fsp3) is 0.136. The summed E-state index contributed by atoms with van der Waals surface area (Å²) in [5.74, 6) is 1.43. The zero-order chi connectivity index (χ0) is 33.4. The van der Waals surface area contributed by atoms with Crippen LogP contribution in [0.3, 0.4) is 0 Å². The van der Waals surface area contributed by atoms with Crippen molar-refractivity contribution >= 4 is 64.5 Å². The number of aromatic nitrogens is 2. The molecule has 4 nitrogen and oxygen atoms in total. The van der Waals surface area contributed by atoms with Crippen molar-refractivity contribution < 1.29 is 4.42 Å². The number of benzene rings is 6. The van der Waals surface area contributed by atoms with Crippen LogP contribution >= 0.6 is 11.3 Å². The van der Waals surface area contributed by atoms with E-state index in [0.717, 1.165) is 59.8 Å². The summed E-state index contributed by atoms with van der Waals surface area (Å²) in [5, 5.41) is 13.9. The minimum Gasteiger partial charge on any atom is -0.455 e. The second kappa shape index (κ2) is 11.2.